The van der Waals surface area contributed by atoms with Crippen LogP contribution in [0.4, 0.5) is 26.3 Å². The monoisotopic (exact) mass is 276 g/mol. The van der Waals surface area contributed by atoms with E-state index in [0.29, 0.717) is 13.0 Å². The molecule has 0 bridgehead atoms. The Labute approximate surface area is 101 Å². The zero-order valence-corrected chi connectivity index (χ0v) is 9.56. The minimum Gasteiger partial charge on any atom is -0.359 e. The van der Waals surface area contributed by atoms with Crippen molar-refractivity contribution < 1.29 is 26.3 Å². The summed E-state index contributed by atoms with van der Waals surface area (Å²) in [7, 11) is 0. The molecule has 0 N–H and O–H groups in total. The van der Waals surface area contributed by atoms with Crippen LogP contribution in [0.15, 0.2) is 12.4 Å². The van der Waals surface area contributed by atoms with Gasteiger partial charge in [0.1, 0.15) is 6.54 Å². The molecule has 2 nitrogen and oxygen atoms in total. The predicted molar refractivity (Wildman–Crippen MR) is 53.4 cm³/mol. The second-order valence-electron chi connectivity index (χ2n) is 4.19. The van der Waals surface area contributed by atoms with Crippen LogP contribution < -0.4 is 0 Å². The van der Waals surface area contributed by atoms with Crippen LogP contribution in [-0.2, 0) is 0 Å². The van der Waals surface area contributed by atoms with Crippen molar-refractivity contribution in [2.24, 2.45) is 0 Å². The molecule has 1 aliphatic rings. The summed E-state index contributed by atoms with van der Waals surface area (Å²) >= 11 is 0. The zero-order chi connectivity index (χ0) is 13.8. The number of nitrogens with zero attached hydrogens (tertiary/aromatic N) is 2. The Balaban J connectivity index is 2.14. The molecule has 1 heterocycles. The van der Waals surface area contributed by atoms with Crippen LogP contribution in [0.3, 0.4) is 0 Å². The SMILES string of the molecule is FC(F)(F)CCCCN1C=CN(CC(F)(F)F)C1. The Hall–Kier alpha value is -1.08. The smallest absolute Gasteiger partial charge is 0.359 e. The average Bonchev–Trinajstić information content (AvgIpc) is 2.56. The highest BCUT2D eigenvalue weighted by Crippen LogP contribution is 2.23. The number of hydrogen-bond acceptors (Lipinski definition) is 2. The summed E-state index contributed by atoms with van der Waals surface area (Å²) in [5.41, 5.74) is 0. The largest absolute Gasteiger partial charge is 0.405 e. The Morgan fingerprint density at radius 1 is 0.833 bits per heavy atom. The van der Waals surface area contributed by atoms with E-state index >= 15 is 0 Å². The Morgan fingerprint density at radius 2 is 1.44 bits per heavy atom. The maximum absolute atomic E-state index is 12.1. The van der Waals surface area contributed by atoms with Gasteiger partial charge in [0, 0.05) is 25.4 Å². The standard InChI is InChI=1S/C10H14F6N2/c11-9(12,13)3-1-2-4-17-5-6-18(8-17)7-10(14,15)16/h5-6H,1-4,7-8H2. The highest BCUT2D eigenvalue weighted by atomic mass is 19.4. The summed E-state index contributed by atoms with van der Waals surface area (Å²) in [6.45, 7) is -0.630. The second-order valence-corrected chi connectivity index (χ2v) is 4.19. The van der Waals surface area contributed by atoms with Gasteiger partial charge in [-0.1, -0.05) is 0 Å². The van der Waals surface area contributed by atoms with E-state index in [0.717, 1.165) is 4.90 Å². The van der Waals surface area contributed by atoms with Gasteiger partial charge in [0.05, 0.1) is 6.67 Å². The van der Waals surface area contributed by atoms with Crippen LogP contribution in [0, 0.1) is 0 Å². The molecule has 18 heavy (non-hydrogen) atoms. The first-order valence-electron chi connectivity index (χ1n) is 5.46. The van der Waals surface area contributed by atoms with Crippen molar-refractivity contribution in [1.29, 1.82) is 0 Å². The van der Waals surface area contributed by atoms with Crippen molar-refractivity contribution in [1.82, 2.24) is 9.80 Å². The van der Waals surface area contributed by atoms with E-state index in [1.807, 2.05) is 0 Å². The van der Waals surface area contributed by atoms with Gasteiger partial charge in [-0.25, -0.2) is 0 Å². The maximum Gasteiger partial charge on any atom is 0.405 e. The fourth-order valence-corrected chi connectivity index (χ4v) is 1.63. The topological polar surface area (TPSA) is 6.48 Å². The van der Waals surface area contributed by atoms with Crippen molar-refractivity contribution in [3.63, 3.8) is 0 Å². The molecule has 0 aromatic rings. The number of unbranched alkanes of at least 4 members (excludes halogenated alkanes) is 1. The van der Waals surface area contributed by atoms with Crippen molar-refractivity contribution in [3.8, 4) is 0 Å². The summed E-state index contributed by atoms with van der Waals surface area (Å²) in [6.07, 6.45) is -6.20. The van der Waals surface area contributed by atoms with E-state index in [2.05, 4.69) is 0 Å². The molecule has 1 rings (SSSR count). The Kier molecular flexibility index (Phi) is 4.75. The first kappa shape index (κ1) is 15.0. The molecule has 0 radical (unpaired) electrons. The van der Waals surface area contributed by atoms with Crippen LogP contribution in [-0.4, -0.2) is 41.9 Å². The van der Waals surface area contributed by atoms with E-state index in [4.69, 9.17) is 0 Å². The maximum atomic E-state index is 12.1. The minimum absolute atomic E-state index is 0.00683. The lowest BCUT2D eigenvalue weighted by molar-refractivity contribution is -0.142. The van der Waals surface area contributed by atoms with Gasteiger partial charge < -0.3 is 9.80 Å². The van der Waals surface area contributed by atoms with Gasteiger partial charge >= 0.3 is 12.4 Å². The van der Waals surface area contributed by atoms with Gasteiger partial charge in [0.25, 0.3) is 0 Å². The molecule has 0 aliphatic carbocycles. The molecule has 0 aromatic carbocycles. The van der Waals surface area contributed by atoms with Gasteiger partial charge in [-0.15, -0.1) is 0 Å². The van der Waals surface area contributed by atoms with Gasteiger partial charge in [0.15, 0.2) is 0 Å². The lowest BCUT2D eigenvalue weighted by atomic mass is 10.2. The highest BCUT2D eigenvalue weighted by Gasteiger charge is 2.31. The quantitative estimate of drug-likeness (QED) is 0.561. The van der Waals surface area contributed by atoms with Crippen molar-refractivity contribution in [3.05, 3.63) is 12.4 Å². The van der Waals surface area contributed by atoms with Crippen molar-refractivity contribution >= 4 is 0 Å². The van der Waals surface area contributed by atoms with Crippen LogP contribution in [0.2, 0.25) is 0 Å². The van der Waals surface area contributed by atoms with Gasteiger partial charge in [0.2, 0.25) is 0 Å². The van der Waals surface area contributed by atoms with E-state index in [1.165, 1.54) is 12.4 Å². The molecule has 0 saturated heterocycles. The van der Waals surface area contributed by atoms with Gasteiger partial charge in [-0.2, -0.15) is 26.3 Å². The Bertz CT molecular complexity index is 283. The lowest BCUT2D eigenvalue weighted by Crippen LogP contribution is -2.33. The first-order chi connectivity index (χ1) is 8.16. The highest BCUT2D eigenvalue weighted by molar-refractivity contribution is 4.91. The average molecular weight is 276 g/mol. The molecule has 0 atom stereocenters. The fraction of sp³-hybridized carbons (Fsp3) is 0.800. The molecular formula is C10H14F6N2. The fourth-order valence-electron chi connectivity index (χ4n) is 1.63. The molecule has 1 aliphatic heterocycles. The molecule has 0 spiro atoms. The summed E-state index contributed by atoms with van der Waals surface area (Å²) in [5, 5.41) is 0. The molecule has 8 heteroatoms. The van der Waals surface area contributed by atoms with Crippen molar-refractivity contribution in [2.75, 3.05) is 19.8 Å². The number of alkyl halides is 6. The normalized spacial score (nSPS) is 16.8. The van der Waals surface area contributed by atoms with Crippen molar-refractivity contribution in [2.45, 2.75) is 31.6 Å². The predicted octanol–water partition coefficient (Wildman–Crippen LogP) is 3.33. The van der Waals surface area contributed by atoms with Crippen LogP contribution in [0.25, 0.3) is 0 Å². The molecule has 106 valence electrons. The molecular weight excluding hydrogens is 262 g/mol. The first-order valence-corrected chi connectivity index (χ1v) is 5.46. The molecule has 0 fully saturated rings. The van der Waals surface area contributed by atoms with E-state index < -0.39 is 25.3 Å². The third-order valence-electron chi connectivity index (χ3n) is 2.39. The molecule has 0 saturated carbocycles. The summed E-state index contributed by atoms with van der Waals surface area (Å²) < 4.78 is 71.7. The van der Waals surface area contributed by atoms with Crippen LogP contribution >= 0.6 is 0 Å². The van der Waals surface area contributed by atoms with Crippen LogP contribution in [0.5, 0.6) is 0 Å². The number of hydrogen-bond donors (Lipinski definition) is 0. The zero-order valence-electron chi connectivity index (χ0n) is 9.56. The number of rotatable bonds is 5. The summed E-state index contributed by atoms with van der Waals surface area (Å²) in [4.78, 5) is 2.64. The molecule has 0 unspecified atom stereocenters. The van der Waals surface area contributed by atoms with Gasteiger partial charge in [-0.05, 0) is 12.8 Å². The second kappa shape index (κ2) is 5.71. The molecule has 0 amide bonds. The number of halogens is 6. The van der Waals surface area contributed by atoms with E-state index in [9.17, 15) is 26.3 Å². The van der Waals surface area contributed by atoms with Crippen LogP contribution in [0.1, 0.15) is 19.3 Å². The third-order valence-corrected chi connectivity index (χ3v) is 2.39. The summed E-state index contributed by atoms with van der Waals surface area (Å²) in [6, 6.07) is 0. The minimum atomic E-state index is -4.27. The van der Waals surface area contributed by atoms with E-state index in [-0.39, 0.29) is 13.1 Å². The lowest BCUT2D eigenvalue weighted by Gasteiger charge is -2.22. The molecule has 0 aromatic heterocycles. The van der Waals surface area contributed by atoms with Gasteiger partial charge in [-0.3, -0.25) is 0 Å². The Morgan fingerprint density at radius 3 is 2.00 bits per heavy atom. The van der Waals surface area contributed by atoms with E-state index in [1.54, 1.807) is 4.90 Å². The third kappa shape index (κ3) is 6.61. The summed E-state index contributed by atoms with van der Waals surface area (Å²) in [5.74, 6) is 0.